The second kappa shape index (κ2) is 8.62. The monoisotopic (exact) mass is 378 g/mol. The van der Waals surface area contributed by atoms with Gasteiger partial charge in [0.05, 0.1) is 19.6 Å². The summed E-state index contributed by atoms with van der Waals surface area (Å²) in [6.07, 6.45) is 0.782. The van der Waals surface area contributed by atoms with Gasteiger partial charge in [-0.25, -0.2) is 8.78 Å². The van der Waals surface area contributed by atoms with E-state index in [1.165, 1.54) is 0 Å². The maximum Gasteiger partial charge on any atom is 0.312 e. The molecular formula is C18H22F4O4. The normalized spacial score (nSPS) is 12.2. The minimum atomic E-state index is -1.78. The van der Waals surface area contributed by atoms with Crippen molar-refractivity contribution in [1.82, 2.24) is 0 Å². The Balaban J connectivity index is 2.68. The summed E-state index contributed by atoms with van der Waals surface area (Å²) in [4.78, 5) is 22.5. The Bertz CT molecular complexity index is 645. The van der Waals surface area contributed by atoms with Gasteiger partial charge in [-0.2, -0.15) is 8.78 Å². The summed E-state index contributed by atoms with van der Waals surface area (Å²) in [5, 5.41) is 0. The van der Waals surface area contributed by atoms with E-state index in [0.29, 0.717) is 6.42 Å². The number of hydrogen-bond donors (Lipinski definition) is 0. The van der Waals surface area contributed by atoms with Crippen LogP contribution in [0.25, 0.3) is 0 Å². The Kier molecular flexibility index (Phi) is 7.32. The lowest BCUT2D eigenvalue weighted by atomic mass is 9.89. The molecule has 0 radical (unpaired) electrons. The van der Waals surface area contributed by atoms with Gasteiger partial charge in [-0.1, -0.05) is 27.7 Å². The fourth-order valence-corrected chi connectivity index (χ4v) is 2.12. The molecule has 0 aliphatic carbocycles. The van der Waals surface area contributed by atoms with E-state index in [1.807, 2.05) is 13.8 Å². The topological polar surface area (TPSA) is 52.6 Å². The van der Waals surface area contributed by atoms with Gasteiger partial charge in [0.15, 0.2) is 11.6 Å². The standard InChI is InChI=1S/C18H22F4O4/c1-17(2,5-6-23)9-25-10-18(3,4)8-13(24)26-16-14(21)11(19)7-12(20)15(16)22/h6-7H,5,8-10H2,1-4H3. The highest BCUT2D eigenvalue weighted by Gasteiger charge is 2.28. The SMILES string of the molecule is CC(C)(CC=O)COCC(C)(C)CC(=O)Oc1c(F)c(F)cc(F)c1F. The molecule has 1 rings (SSSR count). The van der Waals surface area contributed by atoms with Crippen LogP contribution >= 0.6 is 0 Å². The predicted octanol–water partition coefficient (Wildman–Crippen LogP) is 4.20. The molecule has 1 aromatic rings. The molecule has 0 amide bonds. The van der Waals surface area contributed by atoms with Gasteiger partial charge in [0, 0.05) is 12.5 Å². The third kappa shape index (κ3) is 6.40. The van der Waals surface area contributed by atoms with Gasteiger partial charge in [-0.15, -0.1) is 0 Å². The van der Waals surface area contributed by atoms with Crippen molar-refractivity contribution >= 4 is 12.3 Å². The van der Waals surface area contributed by atoms with E-state index in [1.54, 1.807) is 13.8 Å². The van der Waals surface area contributed by atoms with Crippen LogP contribution in [0.1, 0.15) is 40.5 Å². The van der Waals surface area contributed by atoms with Crippen molar-refractivity contribution in [3.8, 4) is 5.75 Å². The Labute approximate surface area is 149 Å². The zero-order chi connectivity index (χ0) is 20.1. The predicted molar refractivity (Wildman–Crippen MR) is 85.6 cm³/mol. The van der Waals surface area contributed by atoms with E-state index in [4.69, 9.17) is 4.74 Å². The molecule has 0 saturated carbocycles. The summed E-state index contributed by atoms with van der Waals surface area (Å²) < 4.78 is 63.3. The molecule has 0 bridgehead atoms. The van der Waals surface area contributed by atoms with Gasteiger partial charge in [0.2, 0.25) is 17.4 Å². The second-order valence-corrected chi connectivity index (χ2v) is 7.64. The van der Waals surface area contributed by atoms with Crippen LogP contribution in [-0.4, -0.2) is 25.5 Å². The van der Waals surface area contributed by atoms with Crippen molar-refractivity contribution < 1.29 is 36.6 Å². The van der Waals surface area contributed by atoms with Gasteiger partial charge in [0.25, 0.3) is 0 Å². The van der Waals surface area contributed by atoms with Crippen molar-refractivity contribution in [2.75, 3.05) is 13.2 Å². The first-order valence-electron chi connectivity index (χ1n) is 7.93. The van der Waals surface area contributed by atoms with E-state index < -0.39 is 40.4 Å². The molecule has 26 heavy (non-hydrogen) atoms. The number of carbonyl (C=O) groups is 2. The summed E-state index contributed by atoms with van der Waals surface area (Å²) in [7, 11) is 0. The summed E-state index contributed by atoms with van der Waals surface area (Å²) in [6.45, 7) is 7.36. The van der Waals surface area contributed by atoms with E-state index >= 15 is 0 Å². The number of rotatable bonds is 9. The van der Waals surface area contributed by atoms with E-state index in [9.17, 15) is 27.2 Å². The van der Waals surface area contributed by atoms with Crippen LogP contribution in [0, 0.1) is 34.1 Å². The molecule has 0 aliphatic rings. The van der Waals surface area contributed by atoms with Crippen LogP contribution in [0.2, 0.25) is 0 Å². The number of benzene rings is 1. The van der Waals surface area contributed by atoms with Crippen LogP contribution in [0.5, 0.6) is 5.75 Å². The highest BCUT2D eigenvalue weighted by molar-refractivity contribution is 5.73. The first kappa shape index (κ1) is 22.1. The van der Waals surface area contributed by atoms with E-state index in [0.717, 1.165) is 6.29 Å². The number of carbonyl (C=O) groups excluding carboxylic acids is 2. The lowest BCUT2D eigenvalue weighted by Gasteiger charge is -2.27. The van der Waals surface area contributed by atoms with Crippen LogP contribution in [-0.2, 0) is 14.3 Å². The number of ether oxygens (including phenoxy) is 2. The van der Waals surface area contributed by atoms with Crippen LogP contribution in [0.3, 0.4) is 0 Å². The molecule has 4 nitrogen and oxygen atoms in total. The van der Waals surface area contributed by atoms with Gasteiger partial charge in [0.1, 0.15) is 6.29 Å². The average molecular weight is 378 g/mol. The Hall–Kier alpha value is -1.96. The summed E-state index contributed by atoms with van der Waals surface area (Å²) in [6, 6.07) is 0.0286. The Morgan fingerprint density at radius 3 is 2.00 bits per heavy atom. The third-order valence-corrected chi connectivity index (χ3v) is 3.53. The van der Waals surface area contributed by atoms with Gasteiger partial charge < -0.3 is 14.3 Å². The lowest BCUT2D eigenvalue weighted by molar-refractivity contribution is -0.138. The van der Waals surface area contributed by atoms with Gasteiger partial charge in [-0.3, -0.25) is 4.79 Å². The highest BCUT2D eigenvalue weighted by atomic mass is 19.2. The lowest BCUT2D eigenvalue weighted by Crippen LogP contribution is -2.29. The first-order valence-corrected chi connectivity index (χ1v) is 7.93. The molecule has 0 heterocycles. The quantitative estimate of drug-likeness (QED) is 0.213. The fraction of sp³-hybridized carbons (Fsp3) is 0.556. The molecule has 0 saturated heterocycles. The second-order valence-electron chi connectivity index (χ2n) is 7.64. The van der Waals surface area contributed by atoms with E-state index in [2.05, 4.69) is 4.74 Å². The summed E-state index contributed by atoms with van der Waals surface area (Å²) >= 11 is 0. The maximum atomic E-state index is 13.5. The molecule has 8 heteroatoms. The zero-order valence-electron chi connectivity index (χ0n) is 15.1. The van der Waals surface area contributed by atoms with Crippen LogP contribution in [0.15, 0.2) is 6.07 Å². The van der Waals surface area contributed by atoms with E-state index in [-0.39, 0.29) is 31.1 Å². The van der Waals surface area contributed by atoms with Crippen LogP contribution < -0.4 is 4.74 Å². The largest absolute Gasteiger partial charge is 0.420 e. The molecule has 0 fully saturated rings. The molecule has 0 aliphatic heterocycles. The highest BCUT2D eigenvalue weighted by Crippen LogP contribution is 2.29. The molecule has 1 aromatic carbocycles. The molecule has 0 unspecified atom stereocenters. The van der Waals surface area contributed by atoms with Crippen molar-refractivity contribution in [2.45, 2.75) is 40.5 Å². The number of aldehydes is 1. The van der Waals surface area contributed by atoms with Crippen molar-refractivity contribution in [1.29, 1.82) is 0 Å². The fourth-order valence-electron chi connectivity index (χ4n) is 2.12. The third-order valence-electron chi connectivity index (χ3n) is 3.53. The smallest absolute Gasteiger partial charge is 0.312 e. The van der Waals surface area contributed by atoms with Gasteiger partial charge >= 0.3 is 5.97 Å². The van der Waals surface area contributed by atoms with Crippen LogP contribution in [0.4, 0.5) is 17.6 Å². The molecule has 0 N–H and O–H groups in total. The number of hydrogen-bond acceptors (Lipinski definition) is 4. The van der Waals surface area contributed by atoms with Crippen molar-refractivity contribution in [3.63, 3.8) is 0 Å². The molecule has 146 valence electrons. The van der Waals surface area contributed by atoms with Crippen molar-refractivity contribution in [3.05, 3.63) is 29.3 Å². The Morgan fingerprint density at radius 2 is 1.50 bits per heavy atom. The number of halogens is 4. The number of esters is 1. The summed E-state index contributed by atoms with van der Waals surface area (Å²) in [5.41, 5.74) is -1.14. The van der Waals surface area contributed by atoms with Gasteiger partial charge in [-0.05, 0) is 10.8 Å². The molecule has 0 aromatic heterocycles. The Morgan fingerprint density at radius 1 is 1.00 bits per heavy atom. The maximum absolute atomic E-state index is 13.5. The first-order chi connectivity index (χ1) is 11.9. The van der Waals surface area contributed by atoms with Crippen molar-refractivity contribution in [2.24, 2.45) is 10.8 Å². The molecule has 0 spiro atoms. The molecular weight excluding hydrogens is 356 g/mol. The zero-order valence-corrected chi connectivity index (χ0v) is 15.1. The average Bonchev–Trinajstić information content (AvgIpc) is 2.48. The minimum absolute atomic E-state index is 0.0286. The molecule has 0 atom stereocenters. The minimum Gasteiger partial charge on any atom is -0.420 e. The summed E-state index contributed by atoms with van der Waals surface area (Å²) in [5.74, 6) is -9.34.